The van der Waals surface area contributed by atoms with E-state index in [0.717, 1.165) is 51.0 Å². The third-order valence-electron chi connectivity index (χ3n) is 8.20. The molecule has 1 unspecified atom stereocenters. The van der Waals surface area contributed by atoms with Gasteiger partial charge < -0.3 is 14.4 Å². The quantitative estimate of drug-likeness (QED) is 0.714. The smallest absolute Gasteiger partial charge is 0.174 e. The zero-order chi connectivity index (χ0) is 20.3. The number of nitrogens with zero attached hydrogens (tertiary/aromatic N) is 1. The average Bonchev–Trinajstić information content (AvgIpc) is 3.12. The van der Waals surface area contributed by atoms with E-state index >= 15 is 0 Å². The monoisotopic (exact) mass is 403 g/mol. The molecular formula is C26H29NO3. The minimum Gasteiger partial charge on any atom is -0.481 e. The number of hydrogen-bond donors (Lipinski definition) is 0. The maximum Gasteiger partial charge on any atom is 0.174 e. The van der Waals surface area contributed by atoms with E-state index in [1.807, 2.05) is 0 Å². The highest BCUT2D eigenvalue weighted by Crippen LogP contribution is 2.64. The molecule has 4 atom stereocenters. The van der Waals surface area contributed by atoms with Crippen LogP contribution in [0.5, 0.6) is 5.75 Å². The number of piperidine rings is 1. The van der Waals surface area contributed by atoms with Gasteiger partial charge in [-0.3, -0.25) is 4.79 Å². The fraction of sp³-hybridized carbons (Fsp3) is 0.500. The van der Waals surface area contributed by atoms with Gasteiger partial charge in [0, 0.05) is 24.6 Å². The second-order valence-electron chi connectivity index (χ2n) is 9.50. The summed E-state index contributed by atoms with van der Waals surface area (Å²) in [7, 11) is 2.22. The first-order valence-electron chi connectivity index (χ1n) is 11.4. The lowest BCUT2D eigenvalue weighted by atomic mass is 9.49. The molecule has 1 saturated carbocycles. The lowest BCUT2D eigenvalue weighted by molar-refractivity contribution is -0.210. The van der Waals surface area contributed by atoms with E-state index in [-0.39, 0.29) is 22.9 Å². The maximum atomic E-state index is 13.1. The molecule has 2 aliphatic carbocycles. The molecule has 2 aromatic rings. The Morgan fingerprint density at radius 2 is 2.00 bits per heavy atom. The van der Waals surface area contributed by atoms with Gasteiger partial charge in [0.05, 0.1) is 11.0 Å². The normalized spacial score (nSPS) is 33.8. The van der Waals surface area contributed by atoms with Crippen molar-refractivity contribution in [1.29, 1.82) is 0 Å². The van der Waals surface area contributed by atoms with E-state index in [1.165, 1.54) is 16.7 Å². The van der Waals surface area contributed by atoms with Crippen LogP contribution in [0.1, 0.15) is 42.4 Å². The standard InChI is InChI=1S/C26H29NO3/c1-27-15-14-25-23-19-10-5-11-21(23)30-24(25)20(28)12-13-26(25,22(27)17-19)29-16-6-9-18-7-3-2-4-8-18/h2-5,7-8,10-11,22,24H,6,9,12-17H2,1H3/t22?,24-,25-,26+/m0/s1. The molecule has 1 spiro atoms. The minimum atomic E-state index is -0.381. The Morgan fingerprint density at radius 3 is 2.87 bits per heavy atom. The van der Waals surface area contributed by atoms with Gasteiger partial charge in [0.2, 0.25) is 0 Å². The fourth-order valence-corrected chi connectivity index (χ4v) is 6.94. The molecule has 2 heterocycles. The van der Waals surface area contributed by atoms with Crippen LogP contribution in [0.3, 0.4) is 0 Å². The van der Waals surface area contributed by atoms with Gasteiger partial charge in [0.15, 0.2) is 11.9 Å². The van der Waals surface area contributed by atoms with Crippen LogP contribution in [0.25, 0.3) is 0 Å². The molecule has 2 aliphatic heterocycles. The summed E-state index contributed by atoms with van der Waals surface area (Å²) in [6, 6.07) is 17.3. The molecule has 156 valence electrons. The zero-order valence-electron chi connectivity index (χ0n) is 17.6. The number of Topliss-reactive ketones (excluding diaryl/α,β-unsaturated/α-hetero) is 1. The van der Waals surface area contributed by atoms with Crippen molar-refractivity contribution in [2.45, 2.75) is 61.7 Å². The molecular weight excluding hydrogens is 374 g/mol. The Labute approximate surface area is 178 Å². The number of ketones is 1. The van der Waals surface area contributed by atoms with E-state index < -0.39 is 0 Å². The molecule has 4 aliphatic rings. The summed E-state index contributed by atoms with van der Waals surface area (Å²) in [5, 5.41) is 0. The number of ether oxygens (including phenoxy) is 2. The molecule has 2 aromatic carbocycles. The summed E-state index contributed by atoms with van der Waals surface area (Å²) in [6.45, 7) is 1.71. The van der Waals surface area contributed by atoms with Crippen LogP contribution in [0.4, 0.5) is 0 Å². The number of hydrogen-bond acceptors (Lipinski definition) is 4. The summed E-state index contributed by atoms with van der Waals surface area (Å²) < 4.78 is 13.3. The fourth-order valence-electron chi connectivity index (χ4n) is 6.94. The molecule has 2 bridgehead atoms. The van der Waals surface area contributed by atoms with Crippen LogP contribution in [0, 0.1) is 0 Å². The molecule has 4 nitrogen and oxygen atoms in total. The highest BCUT2D eigenvalue weighted by Gasteiger charge is 2.73. The molecule has 1 saturated heterocycles. The summed E-state index contributed by atoms with van der Waals surface area (Å²) in [6.07, 6.45) is 4.90. The number of benzene rings is 2. The first kappa shape index (κ1) is 18.6. The largest absolute Gasteiger partial charge is 0.481 e. The van der Waals surface area contributed by atoms with Crippen LogP contribution in [-0.4, -0.2) is 48.6 Å². The van der Waals surface area contributed by atoms with Crippen molar-refractivity contribution < 1.29 is 14.3 Å². The SMILES string of the molecule is CN1CC[C@]23c4c5cccc4O[C@H]2C(=O)CC[C@@]3(OCCCc2ccccc2)C1C5. The first-order chi connectivity index (χ1) is 14.7. The number of likely N-dealkylation sites (tertiary alicyclic amines) is 1. The van der Waals surface area contributed by atoms with Crippen molar-refractivity contribution in [3.8, 4) is 5.75 Å². The summed E-state index contributed by atoms with van der Waals surface area (Å²) in [5.74, 6) is 1.18. The topological polar surface area (TPSA) is 38.8 Å². The summed E-state index contributed by atoms with van der Waals surface area (Å²) >= 11 is 0. The van der Waals surface area contributed by atoms with Crippen molar-refractivity contribution >= 4 is 5.78 Å². The van der Waals surface area contributed by atoms with Gasteiger partial charge in [-0.05, 0) is 62.9 Å². The lowest BCUT2D eigenvalue weighted by Gasteiger charge is -2.64. The van der Waals surface area contributed by atoms with Gasteiger partial charge in [-0.2, -0.15) is 0 Å². The van der Waals surface area contributed by atoms with Gasteiger partial charge in [-0.25, -0.2) is 0 Å². The van der Waals surface area contributed by atoms with Gasteiger partial charge in [-0.1, -0.05) is 42.5 Å². The Hall–Kier alpha value is -2.17. The number of carbonyl (C=O) groups excluding carboxylic acids is 1. The van der Waals surface area contributed by atoms with Gasteiger partial charge in [0.25, 0.3) is 0 Å². The minimum absolute atomic E-state index is 0.255. The highest BCUT2D eigenvalue weighted by atomic mass is 16.5. The van der Waals surface area contributed by atoms with E-state index in [4.69, 9.17) is 9.47 Å². The van der Waals surface area contributed by atoms with Gasteiger partial charge >= 0.3 is 0 Å². The van der Waals surface area contributed by atoms with E-state index in [1.54, 1.807) is 0 Å². The number of likely N-dealkylation sites (N-methyl/N-ethyl adjacent to an activating group) is 1. The van der Waals surface area contributed by atoms with Crippen molar-refractivity contribution in [2.24, 2.45) is 0 Å². The Kier molecular flexibility index (Phi) is 4.13. The Balaban J connectivity index is 1.37. The molecule has 4 heteroatoms. The summed E-state index contributed by atoms with van der Waals surface area (Å²) in [4.78, 5) is 15.5. The Bertz CT molecular complexity index is 989. The maximum absolute atomic E-state index is 13.1. The second kappa shape index (κ2) is 6.66. The molecule has 2 fully saturated rings. The number of aryl methyl sites for hydroxylation is 1. The molecule has 0 radical (unpaired) electrons. The van der Waals surface area contributed by atoms with E-state index in [9.17, 15) is 4.79 Å². The van der Waals surface area contributed by atoms with Crippen molar-refractivity contribution in [2.75, 3.05) is 20.2 Å². The van der Waals surface area contributed by atoms with Crippen molar-refractivity contribution in [3.63, 3.8) is 0 Å². The van der Waals surface area contributed by atoms with Crippen LogP contribution in [0.2, 0.25) is 0 Å². The number of rotatable bonds is 5. The number of carbonyl (C=O) groups is 1. The summed E-state index contributed by atoms with van der Waals surface area (Å²) in [5.41, 5.74) is 3.33. The van der Waals surface area contributed by atoms with Crippen LogP contribution >= 0.6 is 0 Å². The van der Waals surface area contributed by atoms with Crippen LogP contribution < -0.4 is 4.74 Å². The molecule has 0 N–H and O–H groups in total. The van der Waals surface area contributed by atoms with E-state index in [0.29, 0.717) is 12.5 Å². The first-order valence-corrected chi connectivity index (χ1v) is 11.4. The third-order valence-corrected chi connectivity index (χ3v) is 8.20. The molecule has 0 amide bonds. The van der Waals surface area contributed by atoms with E-state index in [2.05, 4.69) is 60.5 Å². The van der Waals surface area contributed by atoms with Crippen LogP contribution in [0.15, 0.2) is 48.5 Å². The average molecular weight is 404 g/mol. The zero-order valence-corrected chi connectivity index (χ0v) is 17.6. The molecule has 0 aromatic heterocycles. The van der Waals surface area contributed by atoms with Gasteiger partial charge in [-0.15, -0.1) is 0 Å². The van der Waals surface area contributed by atoms with Crippen LogP contribution in [-0.2, 0) is 27.8 Å². The predicted molar refractivity (Wildman–Crippen MR) is 115 cm³/mol. The molecule has 6 rings (SSSR count). The van der Waals surface area contributed by atoms with Crippen molar-refractivity contribution in [1.82, 2.24) is 4.90 Å². The molecule has 30 heavy (non-hydrogen) atoms. The lowest BCUT2D eigenvalue weighted by Crippen LogP contribution is -2.77. The highest BCUT2D eigenvalue weighted by molar-refractivity contribution is 5.89. The second-order valence-corrected chi connectivity index (χ2v) is 9.50. The van der Waals surface area contributed by atoms with Crippen molar-refractivity contribution in [3.05, 3.63) is 65.2 Å². The van der Waals surface area contributed by atoms with Gasteiger partial charge in [0.1, 0.15) is 5.75 Å². The predicted octanol–water partition coefficient (Wildman–Crippen LogP) is 3.70. The Morgan fingerprint density at radius 1 is 1.13 bits per heavy atom. The third kappa shape index (κ3) is 2.32.